The summed E-state index contributed by atoms with van der Waals surface area (Å²) in [6.07, 6.45) is 0.763. The van der Waals surface area contributed by atoms with E-state index in [1.807, 2.05) is 13.8 Å². The highest BCUT2D eigenvalue weighted by atomic mass is 19.1. The highest BCUT2D eigenvalue weighted by Gasteiger charge is 2.41. The molecule has 0 radical (unpaired) electrons. The molecule has 0 atom stereocenters. The number of carboxylic acid groups (broad SMARTS) is 1. The van der Waals surface area contributed by atoms with Gasteiger partial charge in [-0.2, -0.15) is 0 Å². The topological polar surface area (TPSA) is 122 Å². The lowest BCUT2D eigenvalue weighted by molar-refractivity contribution is -0.236. The molecule has 1 aliphatic rings. The molecule has 1 aromatic carbocycles. The molecule has 4 rings (SSSR count). The average molecular weight is 441 g/mol. The van der Waals surface area contributed by atoms with Gasteiger partial charge in [-0.25, -0.2) is 19.3 Å². The van der Waals surface area contributed by atoms with Gasteiger partial charge in [0.25, 0.3) is 0 Å². The van der Waals surface area contributed by atoms with Crippen LogP contribution in [0.25, 0.3) is 22.6 Å². The minimum absolute atomic E-state index is 0.0229. The first-order valence-corrected chi connectivity index (χ1v) is 10.2. The quantitative estimate of drug-likeness (QED) is 0.530. The molecule has 0 aliphatic carbocycles. The van der Waals surface area contributed by atoms with Crippen molar-refractivity contribution in [2.24, 2.45) is 5.41 Å². The Morgan fingerprint density at radius 1 is 1.22 bits per heavy atom. The molecule has 3 heterocycles. The van der Waals surface area contributed by atoms with Crippen LogP contribution < -0.4 is 5.32 Å². The Labute approximate surface area is 184 Å². The molecule has 3 N–H and O–H groups in total. The molecule has 168 valence electrons. The van der Waals surface area contributed by atoms with Crippen LogP contribution in [0.1, 0.15) is 32.9 Å². The number of anilines is 1. The van der Waals surface area contributed by atoms with Gasteiger partial charge in [-0.3, -0.25) is 4.79 Å². The van der Waals surface area contributed by atoms with Crippen LogP contribution in [0.3, 0.4) is 0 Å². The summed E-state index contributed by atoms with van der Waals surface area (Å²) in [7, 11) is 0. The molecule has 0 unspecified atom stereocenters. The van der Waals surface area contributed by atoms with Crippen molar-refractivity contribution >= 4 is 11.9 Å². The van der Waals surface area contributed by atoms with Crippen LogP contribution in [0.5, 0.6) is 0 Å². The predicted octanol–water partition coefficient (Wildman–Crippen LogP) is 3.63. The molecule has 0 saturated carbocycles. The minimum atomic E-state index is -1.13. The van der Waals surface area contributed by atoms with E-state index >= 15 is 0 Å². The van der Waals surface area contributed by atoms with Gasteiger partial charge in [-0.15, -0.1) is 0 Å². The van der Waals surface area contributed by atoms with E-state index in [4.69, 9.17) is 9.47 Å². The van der Waals surface area contributed by atoms with E-state index in [0.29, 0.717) is 34.4 Å². The maximum absolute atomic E-state index is 13.5. The van der Waals surface area contributed by atoms with Gasteiger partial charge in [0.15, 0.2) is 5.82 Å². The van der Waals surface area contributed by atoms with E-state index in [1.165, 1.54) is 12.1 Å². The van der Waals surface area contributed by atoms with Crippen molar-refractivity contribution in [2.45, 2.75) is 33.1 Å². The maximum Gasteiger partial charge on any atom is 0.314 e. The van der Waals surface area contributed by atoms with Crippen molar-refractivity contribution in [3.8, 4) is 22.6 Å². The van der Waals surface area contributed by atoms with Crippen molar-refractivity contribution in [1.29, 1.82) is 0 Å². The van der Waals surface area contributed by atoms with Gasteiger partial charge < -0.3 is 24.9 Å². The highest BCUT2D eigenvalue weighted by molar-refractivity contribution is 5.77. The Hall–Kier alpha value is -3.37. The number of imidazole rings is 1. The summed E-state index contributed by atoms with van der Waals surface area (Å²) < 4.78 is 24.8. The monoisotopic (exact) mass is 441 g/mol. The zero-order chi connectivity index (χ0) is 22.9. The number of hydrogen-bond donors (Lipinski definition) is 3. The molecular weight excluding hydrogens is 417 g/mol. The second kappa shape index (κ2) is 8.64. The summed E-state index contributed by atoms with van der Waals surface area (Å²) in [5.41, 5.74) is 1.24. The van der Waals surface area contributed by atoms with Gasteiger partial charge in [-0.1, -0.05) is 0 Å². The molecule has 9 nitrogen and oxygen atoms in total. The second-order valence-electron chi connectivity index (χ2n) is 8.24. The van der Waals surface area contributed by atoms with E-state index in [1.54, 1.807) is 31.3 Å². The molecule has 2 aromatic heterocycles. The van der Waals surface area contributed by atoms with Crippen molar-refractivity contribution in [2.75, 3.05) is 18.5 Å². The minimum Gasteiger partial charge on any atom is -0.481 e. The Morgan fingerprint density at radius 2 is 1.91 bits per heavy atom. The van der Waals surface area contributed by atoms with Crippen LogP contribution in [-0.4, -0.2) is 50.3 Å². The van der Waals surface area contributed by atoms with E-state index in [9.17, 15) is 14.3 Å². The molecule has 1 fully saturated rings. The third-order valence-electron chi connectivity index (χ3n) is 5.02. The van der Waals surface area contributed by atoms with Crippen LogP contribution in [0.15, 0.2) is 36.5 Å². The van der Waals surface area contributed by atoms with Crippen LogP contribution in [0, 0.1) is 11.2 Å². The number of nitrogens with zero attached hydrogens (tertiary/aromatic N) is 3. The first kappa shape index (κ1) is 21.8. The lowest BCUT2D eigenvalue weighted by Gasteiger charge is -2.33. The first-order valence-electron chi connectivity index (χ1n) is 10.2. The third-order valence-corrected chi connectivity index (χ3v) is 5.02. The Balaban J connectivity index is 1.72. The molecule has 3 aromatic rings. The maximum atomic E-state index is 13.5. The SMILES string of the molecule is CC(C)Nc1nccc(-c2[nH]c(C3OCC(C)(C(=O)O)CO3)nc2-c2ccc(F)cc2)n1. The fourth-order valence-electron chi connectivity index (χ4n) is 3.22. The average Bonchev–Trinajstić information content (AvgIpc) is 3.20. The summed E-state index contributed by atoms with van der Waals surface area (Å²) in [5, 5.41) is 12.5. The van der Waals surface area contributed by atoms with Crippen molar-refractivity contribution in [1.82, 2.24) is 19.9 Å². The molecular formula is C22H24FN5O4. The molecule has 0 bridgehead atoms. The predicted molar refractivity (Wildman–Crippen MR) is 114 cm³/mol. The lowest BCUT2D eigenvalue weighted by Crippen LogP contribution is -2.42. The van der Waals surface area contributed by atoms with E-state index in [2.05, 4.69) is 25.3 Å². The summed E-state index contributed by atoms with van der Waals surface area (Å²) in [6.45, 7) is 5.48. The van der Waals surface area contributed by atoms with Crippen LogP contribution in [0.2, 0.25) is 0 Å². The van der Waals surface area contributed by atoms with Gasteiger partial charge in [0.1, 0.15) is 11.2 Å². The molecule has 10 heteroatoms. The Morgan fingerprint density at radius 3 is 2.53 bits per heavy atom. The number of carboxylic acids is 1. The zero-order valence-electron chi connectivity index (χ0n) is 17.9. The highest BCUT2D eigenvalue weighted by Crippen LogP contribution is 2.35. The van der Waals surface area contributed by atoms with Gasteiger partial charge in [0.2, 0.25) is 12.2 Å². The number of benzene rings is 1. The molecule has 32 heavy (non-hydrogen) atoms. The number of H-pyrrole nitrogens is 1. The van der Waals surface area contributed by atoms with Gasteiger partial charge in [0, 0.05) is 17.8 Å². The number of halogens is 1. The zero-order valence-corrected chi connectivity index (χ0v) is 17.9. The summed E-state index contributed by atoms with van der Waals surface area (Å²) in [5.74, 6) is -0.525. The number of aliphatic carboxylic acids is 1. The van der Waals surface area contributed by atoms with Gasteiger partial charge in [0.05, 0.1) is 30.3 Å². The lowest BCUT2D eigenvalue weighted by atomic mass is 9.92. The smallest absolute Gasteiger partial charge is 0.314 e. The third kappa shape index (κ3) is 4.46. The first-order chi connectivity index (χ1) is 15.2. The number of hydrogen-bond acceptors (Lipinski definition) is 7. The number of aromatic amines is 1. The Bertz CT molecular complexity index is 1110. The van der Waals surface area contributed by atoms with E-state index in [-0.39, 0.29) is 25.1 Å². The normalized spacial score (nSPS) is 21.0. The fourth-order valence-corrected chi connectivity index (χ4v) is 3.22. The van der Waals surface area contributed by atoms with Crippen LogP contribution in [-0.2, 0) is 14.3 Å². The number of ether oxygens (including phenoxy) is 2. The molecule has 0 spiro atoms. The van der Waals surface area contributed by atoms with Gasteiger partial charge >= 0.3 is 5.97 Å². The second-order valence-corrected chi connectivity index (χ2v) is 8.24. The summed E-state index contributed by atoms with van der Waals surface area (Å²) >= 11 is 0. The van der Waals surface area contributed by atoms with Crippen LogP contribution >= 0.6 is 0 Å². The Kier molecular flexibility index (Phi) is 5.90. The molecule has 0 amide bonds. The van der Waals surface area contributed by atoms with Crippen molar-refractivity contribution < 1.29 is 23.8 Å². The van der Waals surface area contributed by atoms with E-state index in [0.717, 1.165) is 0 Å². The van der Waals surface area contributed by atoms with Crippen molar-refractivity contribution in [3.05, 3.63) is 48.2 Å². The van der Waals surface area contributed by atoms with Crippen molar-refractivity contribution in [3.63, 3.8) is 0 Å². The number of rotatable bonds is 6. The molecule has 1 aliphatic heterocycles. The number of aromatic nitrogens is 4. The summed E-state index contributed by atoms with van der Waals surface area (Å²) in [4.78, 5) is 28.1. The van der Waals surface area contributed by atoms with Crippen LogP contribution in [0.4, 0.5) is 10.3 Å². The number of nitrogens with one attached hydrogen (secondary N) is 2. The van der Waals surface area contributed by atoms with E-state index < -0.39 is 17.7 Å². The standard InChI is InChI=1S/C22H24FN5O4/c1-12(2)25-21-24-9-8-15(26-21)17-16(13-4-6-14(23)7-5-13)27-18(28-17)19-31-10-22(3,11-32-19)20(29)30/h4-9,12,19H,10-11H2,1-3H3,(H,27,28)(H,29,30)(H,24,25,26). The molecule has 1 saturated heterocycles. The van der Waals surface area contributed by atoms with Gasteiger partial charge in [-0.05, 0) is 51.1 Å². The fraction of sp³-hybridized carbons (Fsp3) is 0.364. The largest absolute Gasteiger partial charge is 0.481 e. The summed E-state index contributed by atoms with van der Waals surface area (Å²) in [6, 6.07) is 7.83. The number of carbonyl (C=O) groups is 1.